The number of carboxylic acids is 1. The van der Waals surface area contributed by atoms with Crippen molar-refractivity contribution >= 4 is 11.9 Å². The lowest BCUT2D eigenvalue weighted by Crippen LogP contribution is -2.44. The molecule has 0 unspecified atom stereocenters. The number of nitrogens with zero attached hydrogens (tertiary/aromatic N) is 4. The van der Waals surface area contributed by atoms with E-state index >= 15 is 0 Å². The second kappa shape index (κ2) is 7.15. The van der Waals surface area contributed by atoms with E-state index in [0.717, 1.165) is 32.4 Å². The van der Waals surface area contributed by atoms with Crippen LogP contribution >= 0.6 is 0 Å². The number of carboxylic acid groups (broad SMARTS) is 1. The Morgan fingerprint density at radius 1 is 1.32 bits per heavy atom. The molecule has 1 amide bonds. The Balaban J connectivity index is 1.65. The fraction of sp³-hybridized carbons (Fsp3) is 0.722. The standard InChI is InChI=1S/C18H28N4O3/c1-3-9-21-13-18(12-15(21)17(24)25)6-10-20(11-7-18)16(23)14-5-8-19-22(14)4-2/h5,8,15H,3-4,6-7,9-13H2,1-2H3,(H,24,25)/t15-/m0/s1. The molecule has 2 aliphatic heterocycles. The highest BCUT2D eigenvalue weighted by atomic mass is 16.4. The quantitative estimate of drug-likeness (QED) is 0.876. The number of rotatable bonds is 5. The molecule has 0 saturated carbocycles. The summed E-state index contributed by atoms with van der Waals surface area (Å²) in [6.45, 7) is 7.80. The number of aliphatic carboxylic acids is 1. The minimum atomic E-state index is -0.712. The Hall–Kier alpha value is -1.89. The molecule has 2 aliphatic rings. The van der Waals surface area contributed by atoms with Crippen LogP contribution in [-0.4, -0.2) is 68.8 Å². The van der Waals surface area contributed by atoms with Crippen LogP contribution in [0.5, 0.6) is 0 Å². The van der Waals surface area contributed by atoms with Crippen molar-refractivity contribution in [1.29, 1.82) is 0 Å². The number of hydrogen-bond acceptors (Lipinski definition) is 4. The minimum Gasteiger partial charge on any atom is -0.480 e. The summed E-state index contributed by atoms with van der Waals surface area (Å²) in [5, 5.41) is 13.7. The number of aromatic nitrogens is 2. The number of hydrogen-bond donors (Lipinski definition) is 1. The Morgan fingerprint density at radius 2 is 2.04 bits per heavy atom. The minimum absolute atomic E-state index is 0.0346. The number of carbonyl (C=O) groups is 2. The monoisotopic (exact) mass is 348 g/mol. The van der Waals surface area contributed by atoms with Crippen molar-refractivity contribution in [3.63, 3.8) is 0 Å². The average Bonchev–Trinajstić information content (AvgIpc) is 3.20. The molecule has 1 atom stereocenters. The molecule has 1 aromatic heterocycles. The highest BCUT2D eigenvalue weighted by Gasteiger charge is 2.48. The largest absolute Gasteiger partial charge is 0.480 e. The van der Waals surface area contributed by atoms with E-state index < -0.39 is 5.97 Å². The molecule has 1 spiro atoms. The molecule has 138 valence electrons. The van der Waals surface area contributed by atoms with E-state index in [1.54, 1.807) is 16.9 Å². The molecule has 1 N–H and O–H groups in total. The summed E-state index contributed by atoms with van der Waals surface area (Å²) in [6, 6.07) is 1.40. The summed E-state index contributed by atoms with van der Waals surface area (Å²) < 4.78 is 1.73. The van der Waals surface area contributed by atoms with Gasteiger partial charge in [0, 0.05) is 32.4 Å². The average molecular weight is 348 g/mol. The van der Waals surface area contributed by atoms with Gasteiger partial charge < -0.3 is 10.0 Å². The maximum absolute atomic E-state index is 12.7. The first-order valence-corrected chi connectivity index (χ1v) is 9.27. The van der Waals surface area contributed by atoms with Crippen LogP contribution in [0.25, 0.3) is 0 Å². The van der Waals surface area contributed by atoms with Gasteiger partial charge in [-0.15, -0.1) is 0 Å². The van der Waals surface area contributed by atoms with Gasteiger partial charge in [-0.1, -0.05) is 6.92 Å². The molecular formula is C18H28N4O3. The first kappa shape index (κ1) is 17.9. The number of aryl methyl sites for hydroxylation is 1. The van der Waals surface area contributed by atoms with Gasteiger partial charge in [0.15, 0.2) is 0 Å². The van der Waals surface area contributed by atoms with E-state index in [-0.39, 0.29) is 17.4 Å². The maximum atomic E-state index is 12.7. The van der Waals surface area contributed by atoms with Crippen LogP contribution in [0.1, 0.15) is 50.0 Å². The van der Waals surface area contributed by atoms with E-state index in [4.69, 9.17) is 0 Å². The van der Waals surface area contributed by atoms with Gasteiger partial charge in [0.25, 0.3) is 5.91 Å². The van der Waals surface area contributed by atoms with Gasteiger partial charge in [-0.3, -0.25) is 19.2 Å². The van der Waals surface area contributed by atoms with Crippen molar-refractivity contribution in [3.05, 3.63) is 18.0 Å². The lowest BCUT2D eigenvalue weighted by Gasteiger charge is -2.39. The van der Waals surface area contributed by atoms with Gasteiger partial charge in [-0.25, -0.2) is 0 Å². The van der Waals surface area contributed by atoms with Crippen molar-refractivity contribution in [1.82, 2.24) is 19.6 Å². The van der Waals surface area contributed by atoms with Gasteiger partial charge in [-0.05, 0) is 50.6 Å². The molecule has 25 heavy (non-hydrogen) atoms. The van der Waals surface area contributed by atoms with Gasteiger partial charge in [0.05, 0.1) is 0 Å². The summed E-state index contributed by atoms with van der Waals surface area (Å²) >= 11 is 0. The normalized spacial score (nSPS) is 23.3. The predicted octanol–water partition coefficient (Wildman–Crippen LogP) is 1.69. The highest BCUT2D eigenvalue weighted by molar-refractivity contribution is 5.92. The van der Waals surface area contributed by atoms with Gasteiger partial charge in [0.2, 0.25) is 0 Å². The van der Waals surface area contributed by atoms with Crippen molar-refractivity contribution in [2.75, 3.05) is 26.2 Å². The number of likely N-dealkylation sites (tertiary alicyclic amines) is 2. The topological polar surface area (TPSA) is 78.7 Å². The molecule has 3 heterocycles. The van der Waals surface area contributed by atoms with Crippen molar-refractivity contribution in [2.24, 2.45) is 5.41 Å². The molecule has 0 aliphatic carbocycles. The van der Waals surface area contributed by atoms with E-state index in [9.17, 15) is 14.7 Å². The number of carbonyl (C=O) groups excluding carboxylic acids is 1. The van der Waals surface area contributed by atoms with Crippen LogP contribution in [0.4, 0.5) is 0 Å². The van der Waals surface area contributed by atoms with Crippen LogP contribution in [-0.2, 0) is 11.3 Å². The zero-order valence-electron chi connectivity index (χ0n) is 15.1. The second-order valence-corrected chi connectivity index (χ2v) is 7.35. The maximum Gasteiger partial charge on any atom is 0.320 e. The SMILES string of the molecule is CCCN1CC2(CCN(C(=O)c3ccnn3CC)CC2)C[C@H]1C(=O)O. The fourth-order valence-electron chi connectivity index (χ4n) is 4.39. The van der Waals surface area contributed by atoms with Crippen LogP contribution in [0.15, 0.2) is 12.3 Å². The van der Waals surface area contributed by atoms with E-state index in [1.807, 2.05) is 11.8 Å². The third-order valence-corrected chi connectivity index (χ3v) is 5.75. The van der Waals surface area contributed by atoms with E-state index in [2.05, 4.69) is 16.9 Å². The Labute approximate surface area is 148 Å². The third kappa shape index (κ3) is 3.42. The lowest BCUT2D eigenvalue weighted by atomic mass is 9.76. The van der Waals surface area contributed by atoms with Crippen LogP contribution in [0, 0.1) is 5.41 Å². The van der Waals surface area contributed by atoms with Crippen LogP contribution in [0.2, 0.25) is 0 Å². The summed E-state index contributed by atoms with van der Waals surface area (Å²) in [4.78, 5) is 28.4. The summed E-state index contributed by atoms with van der Waals surface area (Å²) in [5.41, 5.74) is 0.681. The highest BCUT2D eigenvalue weighted by Crippen LogP contribution is 2.43. The van der Waals surface area contributed by atoms with E-state index in [1.165, 1.54) is 0 Å². The number of piperidine rings is 1. The molecule has 1 aromatic rings. The zero-order valence-corrected chi connectivity index (χ0v) is 15.1. The summed E-state index contributed by atoms with van der Waals surface area (Å²) in [7, 11) is 0. The van der Waals surface area contributed by atoms with Crippen molar-refractivity contribution in [2.45, 2.75) is 52.1 Å². The molecule has 0 aromatic carbocycles. The molecule has 2 saturated heterocycles. The molecule has 2 fully saturated rings. The molecule has 7 heteroatoms. The number of amides is 1. The molecular weight excluding hydrogens is 320 g/mol. The van der Waals surface area contributed by atoms with E-state index in [0.29, 0.717) is 31.7 Å². The smallest absolute Gasteiger partial charge is 0.320 e. The van der Waals surface area contributed by atoms with Gasteiger partial charge >= 0.3 is 5.97 Å². The first-order valence-electron chi connectivity index (χ1n) is 9.27. The first-order chi connectivity index (χ1) is 12.0. The van der Waals surface area contributed by atoms with Crippen LogP contribution < -0.4 is 0 Å². The summed E-state index contributed by atoms with van der Waals surface area (Å²) in [6.07, 6.45) is 5.09. The van der Waals surface area contributed by atoms with Gasteiger partial charge in [-0.2, -0.15) is 5.10 Å². The molecule has 7 nitrogen and oxygen atoms in total. The lowest BCUT2D eigenvalue weighted by molar-refractivity contribution is -0.142. The second-order valence-electron chi connectivity index (χ2n) is 7.35. The third-order valence-electron chi connectivity index (χ3n) is 5.75. The predicted molar refractivity (Wildman–Crippen MR) is 93.4 cm³/mol. The zero-order chi connectivity index (χ0) is 18.0. The Bertz CT molecular complexity index is 634. The molecule has 3 rings (SSSR count). The summed E-state index contributed by atoms with van der Waals surface area (Å²) in [5.74, 6) is -0.678. The Kier molecular flexibility index (Phi) is 5.13. The van der Waals surface area contributed by atoms with Crippen molar-refractivity contribution < 1.29 is 14.7 Å². The van der Waals surface area contributed by atoms with Gasteiger partial charge in [0.1, 0.15) is 11.7 Å². The fourth-order valence-corrected chi connectivity index (χ4v) is 4.39. The van der Waals surface area contributed by atoms with Crippen molar-refractivity contribution in [3.8, 4) is 0 Å². The molecule has 0 bridgehead atoms. The van der Waals surface area contributed by atoms with Crippen LogP contribution in [0.3, 0.4) is 0 Å². The Morgan fingerprint density at radius 3 is 2.64 bits per heavy atom. The molecule has 0 radical (unpaired) electrons.